The average Bonchev–Trinajstić information content (AvgIpc) is 2.64. The number of nitrogens with two attached hydrogens (primary N) is 1. The molecule has 1 amide bonds. The van der Waals surface area contributed by atoms with E-state index in [1.54, 1.807) is 49.6 Å². The highest BCUT2D eigenvalue weighted by Gasteiger charge is 2.10. The lowest BCUT2D eigenvalue weighted by atomic mass is 10.0. The largest absolute Gasteiger partial charge is 0.493 e. The van der Waals surface area contributed by atoms with E-state index < -0.39 is 5.91 Å². The van der Waals surface area contributed by atoms with Crippen molar-refractivity contribution in [2.75, 3.05) is 20.8 Å². The maximum absolute atomic E-state index is 11.0. The normalized spacial score (nSPS) is 10.8. The van der Waals surface area contributed by atoms with Crippen LogP contribution in [0.4, 0.5) is 0 Å². The number of carbonyl (C=O) groups excluding carboxylic acids is 1. The number of nitrogens with zero attached hydrogens (tertiary/aromatic N) is 1. The smallest absolute Gasteiger partial charge is 0.255 e. The fourth-order valence-electron chi connectivity index (χ4n) is 2.25. The van der Waals surface area contributed by atoms with E-state index in [2.05, 4.69) is 22.0 Å². The van der Waals surface area contributed by atoms with Crippen molar-refractivity contribution in [1.29, 1.82) is 5.26 Å². The first-order valence-corrected chi connectivity index (χ1v) is 8.32. The molecule has 0 unspecified atom stereocenters. The van der Waals surface area contributed by atoms with Gasteiger partial charge in [-0.15, -0.1) is 0 Å². The summed E-state index contributed by atoms with van der Waals surface area (Å²) in [5.74, 6) is 0.954. The summed E-state index contributed by atoms with van der Waals surface area (Å²) in [6, 6.07) is 12.6. The number of allylic oxidation sites excluding steroid dienone is 1. The SMILES string of the molecule is COc1ccc(/C(C#N)=C/c2cc(Br)ccc2OCC(N)=O)cc1OC. The van der Waals surface area contributed by atoms with Crippen LogP contribution in [0.1, 0.15) is 11.1 Å². The zero-order chi connectivity index (χ0) is 19.1. The van der Waals surface area contributed by atoms with E-state index in [-0.39, 0.29) is 6.61 Å². The van der Waals surface area contributed by atoms with Crippen LogP contribution in [0.25, 0.3) is 11.6 Å². The zero-order valence-electron chi connectivity index (χ0n) is 14.3. The van der Waals surface area contributed by atoms with Gasteiger partial charge in [0.05, 0.1) is 25.9 Å². The van der Waals surface area contributed by atoms with Crippen LogP contribution in [0.5, 0.6) is 17.2 Å². The Kier molecular flexibility index (Phi) is 6.64. The van der Waals surface area contributed by atoms with Crippen molar-refractivity contribution in [3.63, 3.8) is 0 Å². The summed E-state index contributed by atoms with van der Waals surface area (Å²) in [5.41, 5.74) is 6.82. The van der Waals surface area contributed by atoms with E-state index in [9.17, 15) is 10.1 Å². The van der Waals surface area contributed by atoms with E-state index in [0.717, 1.165) is 4.47 Å². The number of methoxy groups -OCH3 is 2. The highest BCUT2D eigenvalue weighted by Crippen LogP contribution is 2.32. The Hall–Kier alpha value is -2.98. The number of benzene rings is 2. The number of primary amides is 1. The lowest BCUT2D eigenvalue weighted by Gasteiger charge is -2.11. The van der Waals surface area contributed by atoms with Gasteiger partial charge in [-0.1, -0.05) is 15.9 Å². The summed E-state index contributed by atoms with van der Waals surface area (Å²) in [6.45, 7) is -0.249. The van der Waals surface area contributed by atoms with Gasteiger partial charge in [0.15, 0.2) is 18.1 Å². The highest BCUT2D eigenvalue weighted by molar-refractivity contribution is 9.10. The second-order valence-electron chi connectivity index (χ2n) is 5.18. The van der Waals surface area contributed by atoms with Crippen LogP contribution in [0.15, 0.2) is 40.9 Å². The summed E-state index contributed by atoms with van der Waals surface area (Å²) in [5, 5.41) is 9.59. The molecule has 2 rings (SSSR count). The predicted molar refractivity (Wildman–Crippen MR) is 102 cm³/mol. The molecule has 0 aliphatic heterocycles. The van der Waals surface area contributed by atoms with Gasteiger partial charge in [-0.05, 0) is 48.0 Å². The minimum Gasteiger partial charge on any atom is -0.493 e. The molecule has 0 aliphatic rings. The number of ether oxygens (including phenoxy) is 3. The van der Waals surface area contributed by atoms with Crippen LogP contribution in [0.3, 0.4) is 0 Å². The van der Waals surface area contributed by atoms with Crippen LogP contribution in [0, 0.1) is 11.3 Å². The maximum atomic E-state index is 11.0. The first kappa shape index (κ1) is 19.3. The summed E-state index contributed by atoms with van der Waals surface area (Å²) in [6.07, 6.45) is 1.67. The van der Waals surface area contributed by atoms with Gasteiger partial charge in [-0.3, -0.25) is 4.79 Å². The number of nitriles is 1. The van der Waals surface area contributed by atoms with Gasteiger partial charge in [0, 0.05) is 10.0 Å². The Morgan fingerprint density at radius 2 is 1.85 bits per heavy atom. The minimum absolute atomic E-state index is 0.249. The maximum Gasteiger partial charge on any atom is 0.255 e. The van der Waals surface area contributed by atoms with Gasteiger partial charge in [0.25, 0.3) is 5.91 Å². The number of rotatable bonds is 7. The molecule has 26 heavy (non-hydrogen) atoms. The molecule has 0 saturated heterocycles. The molecule has 7 heteroatoms. The molecular formula is C19H17BrN2O4. The quantitative estimate of drug-likeness (QED) is 0.551. The Morgan fingerprint density at radius 1 is 1.15 bits per heavy atom. The third kappa shape index (κ3) is 4.77. The van der Waals surface area contributed by atoms with Crippen LogP contribution in [-0.2, 0) is 4.79 Å². The van der Waals surface area contributed by atoms with Crippen molar-refractivity contribution in [3.8, 4) is 23.3 Å². The van der Waals surface area contributed by atoms with Gasteiger partial charge in [-0.25, -0.2) is 0 Å². The molecule has 0 bridgehead atoms. The molecule has 2 aromatic carbocycles. The van der Waals surface area contributed by atoms with E-state index in [1.165, 1.54) is 7.11 Å². The van der Waals surface area contributed by atoms with Gasteiger partial charge in [-0.2, -0.15) is 5.26 Å². The van der Waals surface area contributed by atoms with E-state index in [1.807, 2.05) is 0 Å². The van der Waals surface area contributed by atoms with E-state index in [4.69, 9.17) is 19.9 Å². The van der Waals surface area contributed by atoms with Crippen LogP contribution >= 0.6 is 15.9 Å². The number of carbonyl (C=O) groups is 1. The third-order valence-electron chi connectivity index (χ3n) is 3.46. The molecule has 0 saturated carbocycles. The Morgan fingerprint density at radius 3 is 2.46 bits per heavy atom. The predicted octanol–water partition coefficient (Wildman–Crippen LogP) is 3.39. The van der Waals surface area contributed by atoms with Crippen molar-refractivity contribution in [3.05, 3.63) is 52.0 Å². The summed E-state index contributed by atoms with van der Waals surface area (Å²) < 4.78 is 16.7. The zero-order valence-corrected chi connectivity index (χ0v) is 15.9. The fourth-order valence-corrected chi connectivity index (χ4v) is 2.63. The topological polar surface area (TPSA) is 94.6 Å². The third-order valence-corrected chi connectivity index (χ3v) is 3.95. The van der Waals surface area contributed by atoms with Gasteiger partial charge in [0.1, 0.15) is 5.75 Å². The molecule has 0 aromatic heterocycles. The van der Waals surface area contributed by atoms with Crippen molar-refractivity contribution in [2.45, 2.75) is 0 Å². The van der Waals surface area contributed by atoms with Crippen LogP contribution < -0.4 is 19.9 Å². The van der Waals surface area contributed by atoms with Crippen LogP contribution in [0.2, 0.25) is 0 Å². The number of amides is 1. The highest BCUT2D eigenvalue weighted by atomic mass is 79.9. The van der Waals surface area contributed by atoms with Crippen molar-refractivity contribution < 1.29 is 19.0 Å². The Balaban J connectivity index is 2.47. The molecule has 0 heterocycles. The van der Waals surface area contributed by atoms with Crippen molar-refractivity contribution in [2.24, 2.45) is 5.73 Å². The van der Waals surface area contributed by atoms with Crippen LogP contribution in [-0.4, -0.2) is 26.7 Å². The number of hydrogen-bond acceptors (Lipinski definition) is 5. The van der Waals surface area contributed by atoms with Crippen molar-refractivity contribution >= 4 is 33.5 Å². The molecule has 6 nitrogen and oxygen atoms in total. The summed E-state index contributed by atoms with van der Waals surface area (Å²) in [4.78, 5) is 11.0. The summed E-state index contributed by atoms with van der Waals surface area (Å²) >= 11 is 3.39. The number of hydrogen-bond donors (Lipinski definition) is 1. The molecule has 0 atom stereocenters. The second-order valence-corrected chi connectivity index (χ2v) is 6.09. The van der Waals surface area contributed by atoms with Crippen molar-refractivity contribution in [1.82, 2.24) is 0 Å². The molecule has 0 spiro atoms. The monoisotopic (exact) mass is 416 g/mol. The van der Waals surface area contributed by atoms with E-state index >= 15 is 0 Å². The van der Waals surface area contributed by atoms with Gasteiger partial charge < -0.3 is 19.9 Å². The lowest BCUT2D eigenvalue weighted by molar-refractivity contribution is -0.119. The molecule has 0 aliphatic carbocycles. The standard InChI is InChI=1S/C19H17BrN2O4/c1-24-17-5-3-12(9-18(17)25-2)14(10-21)7-13-8-15(20)4-6-16(13)26-11-19(22)23/h3-9H,11H2,1-2H3,(H2,22,23)/b14-7+. The summed E-state index contributed by atoms with van der Waals surface area (Å²) in [7, 11) is 3.07. The molecule has 0 radical (unpaired) electrons. The molecule has 0 fully saturated rings. The minimum atomic E-state index is -0.580. The molecular weight excluding hydrogens is 400 g/mol. The first-order valence-electron chi connectivity index (χ1n) is 7.53. The molecule has 134 valence electrons. The molecule has 2 N–H and O–H groups in total. The Labute approximate surface area is 159 Å². The van der Waals surface area contributed by atoms with Gasteiger partial charge in [0.2, 0.25) is 0 Å². The second kappa shape index (κ2) is 8.92. The molecule has 2 aromatic rings. The van der Waals surface area contributed by atoms with Gasteiger partial charge >= 0.3 is 0 Å². The fraction of sp³-hybridized carbons (Fsp3) is 0.158. The Bertz CT molecular complexity index is 888. The lowest BCUT2D eigenvalue weighted by Crippen LogP contribution is -2.20. The van der Waals surface area contributed by atoms with E-state index in [0.29, 0.717) is 33.9 Å². The average molecular weight is 417 g/mol. The first-order chi connectivity index (χ1) is 12.5. The number of halogens is 1.